The Balaban J connectivity index is 3.13. The third-order valence-corrected chi connectivity index (χ3v) is 0.860. The van der Waals surface area contributed by atoms with Gasteiger partial charge >= 0.3 is 0 Å². The average Bonchev–Trinajstić information content (AvgIpc) is 1.27. The molecule has 4 nitrogen and oxygen atoms in total. The number of hydrogen-bond donors (Lipinski definition) is 3. The fourth-order valence-corrected chi connectivity index (χ4v) is 0.477. The van der Waals surface area contributed by atoms with Crippen molar-refractivity contribution in [3.8, 4) is 0 Å². The topological polar surface area (TPSA) is 75.3 Å². The molecule has 0 heterocycles. The summed E-state index contributed by atoms with van der Waals surface area (Å²) in [7, 11) is 0. The smallest absolute Gasteiger partial charge is 0.233 e. The van der Waals surface area contributed by atoms with Crippen LogP contribution in [-0.4, -0.2) is 14.9 Å². The normalized spacial score (nSPS) is 18.7. The van der Waals surface area contributed by atoms with Gasteiger partial charge in [0.2, 0.25) is 11.3 Å². The summed E-state index contributed by atoms with van der Waals surface area (Å²) in [5.74, 6) is 0. The average molecular weight is 124 g/mol. The lowest BCUT2D eigenvalue weighted by Gasteiger charge is -1.99. The Labute approximate surface area is 44.5 Å². The second-order valence-corrected chi connectivity index (χ2v) is 1.89. The molecule has 0 bridgehead atoms. The highest BCUT2D eigenvalue weighted by atomic mass is 32.2. The number of nitrogens with two attached hydrogens (primary N) is 1. The molecular formula is C2H8N2O2S. The summed E-state index contributed by atoms with van der Waals surface area (Å²) in [6.07, 6.45) is -0.425. The number of nitrogens with one attached hydrogen (secondary N) is 1. The molecule has 5 heteroatoms. The molecule has 0 aliphatic carbocycles. The van der Waals surface area contributed by atoms with Crippen LogP contribution in [0.15, 0.2) is 0 Å². The first-order valence-corrected chi connectivity index (χ1v) is 2.86. The van der Waals surface area contributed by atoms with Gasteiger partial charge in [0, 0.05) is 0 Å². The maximum absolute atomic E-state index is 9.73. The fraction of sp³-hybridized carbons (Fsp3) is 1.00. The van der Waals surface area contributed by atoms with Crippen LogP contribution in [0.2, 0.25) is 0 Å². The van der Waals surface area contributed by atoms with Gasteiger partial charge in [-0.1, -0.05) is 0 Å². The molecule has 44 valence electrons. The van der Waals surface area contributed by atoms with E-state index in [2.05, 4.69) is 4.72 Å². The maximum Gasteiger partial charge on any atom is 0.233 e. The van der Waals surface area contributed by atoms with E-state index in [-0.39, 0.29) is 0 Å². The first-order chi connectivity index (χ1) is 3.13. The minimum absolute atomic E-state index is 0.425. The largest absolute Gasteiger partial charge is 0.315 e. The van der Waals surface area contributed by atoms with Crippen LogP contribution in [0.5, 0.6) is 0 Å². The van der Waals surface area contributed by atoms with Crippen LogP contribution >= 0.6 is 0 Å². The first kappa shape index (κ1) is 7.03. The zero-order valence-corrected chi connectivity index (χ0v) is 4.73. The van der Waals surface area contributed by atoms with E-state index in [0.717, 1.165) is 0 Å². The minimum Gasteiger partial charge on any atom is -0.315 e. The first-order valence-electron chi connectivity index (χ1n) is 1.75. The van der Waals surface area contributed by atoms with Gasteiger partial charge in [0.15, 0.2) is 0 Å². The quantitative estimate of drug-likeness (QED) is 0.327. The van der Waals surface area contributed by atoms with Crippen LogP contribution in [0, 0.1) is 0 Å². The van der Waals surface area contributed by atoms with E-state index in [1.807, 2.05) is 0 Å². The Hall–Kier alpha value is 0.0300. The molecule has 0 aromatic carbocycles. The summed E-state index contributed by atoms with van der Waals surface area (Å²) in [4.78, 5) is 0. The highest BCUT2D eigenvalue weighted by molar-refractivity contribution is 7.77. The van der Waals surface area contributed by atoms with Crippen molar-refractivity contribution in [2.24, 2.45) is 5.73 Å². The summed E-state index contributed by atoms with van der Waals surface area (Å²) >= 11 is -1.97. The molecule has 0 fully saturated rings. The lowest BCUT2D eigenvalue weighted by molar-refractivity contribution is 0.535. The zero-order chi connectivity index (χ0) is 5.86. The summed E-state index contributed by atoms with van der Waals surface area (Å²) < 4.78 is 19.8. The Morgan fingerprint density at radius 3 is 2.43 bits per heavy atom. The van der Waals surface area contributed by atoms with Crippen LogP contribution in [0.4, 0.5) is 0 Å². The molecule has 4 N–H and O–H groups in total. The van der Waals surface area contributed by atoms with Gasteiger partial charge < -0.3 is 5.73 Å². The molecule has 0 amide bonds. The molecule has 0 radical (unpaired) electrons. The van der Waals surface area contributed by atoms with E-state index >= 15 is 0 Å². The van der Waals surface area contributed by atoms with E-state index in [1.165, 1.54) is 0 Å². The summed E-state index contributed by atoms with van der Waals surface area (Å²) in [5, 5.41) is 0. The minimum atomic E-state index is -1.97. The Bertz CT molecular complexity index is 74.1. The van der Waals surface area contributed by atoms with Crippen LogP contribution in [-0.2, 0) is 11.3 Å². The molecule has 7 heavy (non-hydrogen) atoms. The Morgan fingerprint density at radius 1 is 2.00 bits per heavy atom. The van der Waals surface area contributed by atoms with Gasteiger partial charge in [0.05, 0.1) is 6.17 Å². The van der Waals surface area contributed by atoms with E-state index in [1.54, 1.807) is 6.92 Å². The highest BCUT2D eigenvalue weighted by Gasteiger charge is 1.92. The molecule has 2 atom stereocenters. The Kier molecular flexibility index (Phi) is 3.10. The standard InChI is InChI=1S/C2H8N2O2S/c1-2(3)4-7(5)6/h2,4H,3H2,1H3,(H,5,6)/t2-/m0/s1. The van der Waals surface area contributed by atoms with Crippen LogP contribution in [0.1, 0.15) is 6.92 Å². The van der Waals surface area contributed by atoms with Crippen molar-refractivity contribution < 1.29 is 8.76 Å². The predicted molar refractivity (Wildman–Crippen MR) is 27.6 cm³/mol. The van der Waals surface area contributed by atoms with Crippen molar-refractivity contribution in [1.29, 1.82) is 0 Å². The van der Waals surface area contributed by atoms with Gasteiger partial charge in [-0.15, -0.1) is 0 Å². The van der Waals surface area contributed by atoms with Gasteiger partial charge in [0.25, 0.3) is 0 Å². The molecule has 0 spiro atoms. The van der Waals surface area contributed by atoms with Gasteiger partial charge in [-0.3, -0.25) is 4.55 Å². The predicted octanol–water partition coefficient (Wildman–Crippen LogP) is -0.983. The number of rotatable bonds is 2. The lowest BCUT2D eigenvalue weighted by atomic mass is 10.7. The molecule has 0 aromatic rings. The van der Waals surface area contributed by atoms with Crippen molar-refractivity contribution in [2.75, 3.05) is 0 Å². The molecule has 0 aliphatic rings. The SMILES string of the molecule is C[C@@H](N)NS(=O)O. The van der Waals surface area contributed by atoms with Crippen molar-refractivity contribution in [3.05, 3.63) is 0 Å². The molecule has 0 aliphatic heterocycles. The molecule has 0 aromatic heterocycles. The molecule has 0 saturated heterocycles. The van der Waals surface area contributed by atoms with Crippen LogP contribution in [0.3, 0.4) is 0 Å². The zero-order valence-electron chi connectivity index (χ0n) is 3.92. The number of hydrogen-bond acceptors (Lipinski definition) is 2. The van der Waals surface area contributed by atoms with Gasteiger partial charge in [-0.25, -0.2) is 4.21 Å². The monoisotopic (exact) mass is 124 g/mol. The lowest BCUT2D eigenvalue weighted by Crippen LogP contribution is -2.34. The van der Waals surface area contributed by atoms with E-state index in [4.69, 9.17) is 10.3 Å². The second-order valence-electron chi connectivity index (χ2n) is 1.16. The van der Waals surface area contributed by atoms with Crippen molar-refractivity contribution >= 4 is 11.3 Å². The van der Waals surface area contributed by atoms with Gasteiger partial charge in [-0.2, -0.15) is 4.72 Å². The summed E-state index contributed by atoms with van der Waals surface area (Å²) in [6.45, 7) is 1.58. The van der Waals surface area contributed by atoms with Crippen molar-refractivity contribution in [3.63, 3.8) is 0 Å². The van der Waals surface area contributed by atoms with E-state index in [9.17, 15) is 4.21 Å². The van der Waals surface area contributed by atoms with E-state index in [0.29, 0.717) is 0 Å². The Morgan fingerprint density at radius 2 is 2.43 bits per heavy atom. The summed E-state index contributed by atoms with van der Waals surface area (Å²) in [5.41, 5.74) is 5.03. The highest BCUT2D eigenvalue weighted by Crippen LogP contribution is 1.65. The van der Waals surface area contributed by atoms with Gasteiger partial charge in [0.1, 0.15) is 0 Å². The van der Waals surface area contributed by atoms with E-state index < -0.39 is 17.4 Å². The van der Waals surface area contributed by atoms with Crippen LogP contribution < -0.4 is 10.5 Å². The molecule has 0 saturated carbocycles. The summed E-state index contributed by atoms with van der Waals surface area (Å²) in [6, 6.07) is 0. The molecule has 1 unspecified atom stereocenters. The third kappa shape index (κ3) is 6.03. The molecule has 0 rings (SSSR count). The third-order valence-electron chi connectivity index (χ3n) is 0.287. The second kappa shape index (κ2) is 3.09. The van der Waals surface area contributed by atoms with Crippen molar-refractivity contribution in [1.82, 2.24) is 4.72 Å². The fourth-order valence-electron chi connectivity index (χ4n) is 0.159. The molecular weight excluding hydrogens is 116 g/mol. The van der Waals surface area contributed by atoms with Gasteiger partial charge in [-0.05, 0) is 6.92 Å². The maximum atomic E-state index is 9.73. The van der Waals surface area contributed by atoms with Crippen molar-refractivity contribution in [2.45, 2.75) is 13.1 Å². The van der Waals surface area contributed by atoms with Crippen LogP contribution in [0.25, 0.3) is 0 Å².